The Kier molecular flexibility index (Phi) is 8.34. The molecule has 0 saturated carbocycles. The quantitative estimate of drug-likeness (QED) is 0.518. The third-order valence-electron chi connectivity index (χ3n) is 7.16. The Labute approximate surface area is 222 Å². The number of carbonyl (C=O) groups is 2. The lowest BCUT2D eigenvalue weighted by Gasteiger charge is -2.41. The number of benzene rings is 1. The van der Waals surface area contributed by atoms with Crippen LogP contribution in [-0.4, -0.2) is 75.0 Å². The lowest BCUT2D eigenvalue weighted by atomic mass is 9.98. The number of fused-ring (bicyclic) bond motifs is 1. The number of hydrogen-bond donors (Lipinski definition) is 1. The van der Waals surface area contributed by atoms with E-state index in [0.29, 0.717) is 13.0 Å². The third-order valence-corrected chi connectivity index (χ3v) is 7.40. The van der Waals surface area contributed by atoms with Gasteiger partial charge in [-0.25, -0.2) is 4.39 Å². The first-order valence-electron chi connectivity index (χ1n) is 12.3. The first kappa shape index (κ1) is 28.3. The molecule has 2 aliphatic rings. The molecule has 1 aromatic carbocycles. The van der Waals surface area contributed by atoms with Crippen molar-refractivity contribution in [2.45, 2.75) is 58.0 Å². The first-order chi connectivity index (χ1) is 17.8. The molecule has 0 radical (unpaired) electrons. The van der Waals surface area contributed by atoms with E-state index in [9.17, 15) is 32.3 Å². The van der Waals surface area contributed by atoms with Gasteiger partial charge in [0.25, 0.3) is 0 Å². The van der Waals surface area contributed by atoms with Gasteiger partial charge in [-0.05, 0) is 31.9 Å². The summed E-state index contributed by atoms with van der Waals surface area (Å²) in [5.41, 5.74) is -0.700. The van der Waals surface area contributed by atoms with Gasteiger partial charge in [0.1, 0.15) is 5.82 Å². The van der Waals surface area contributed by atoms with Crippen molar-refractivity contribution in [3.63, 3.8) is 0 Å². The van der Waals surface area contributed by atoms with Crippen LogP contribution in [0.15, 0.2) is 18.2 Å². The number of hydrogen-bond acceptors (Lipinski definition) is 5. The highest BCUT2D eigenvalue weighted by Gasteiger charge is 2.41. The summed E-state index contributed by atoms with van der Waals surface area (Å²) in [5, 5.41) is 13.3. The van der Waals surface area contributed by atoms with Gasteiger partial charge in [0, 0.05) is 34.8 Å². The van der Waals surface area contributed by atoms with Crippen LogP contribution in [0.5, 0.6) is 0 Å². The number of morpholine rings is 1. The molecule has 2 aromatic rings. The van der Waals surface area contributed by atoms with E-state index in [1.807, 2.05) is 11.8 Å². The number of amides is 1. The minimum Gasteiger partial charge on any atom is -0.481 e. The van der Waals surface area contributed by atoms with Gasteiger partial charge in [-0.1, -0.05) is 24.6 Å². The minimum atomic E-state index is -4.70. The zero-order chi connectivity index (χ0) is 27.8. The Morgan fingerprint density at radius 1 is 1.29 bits per heavy atom. The fraction of sp³-hybridized carbons (Fsp3) is 0.560. The van der Waals surface area contributed by atoms with Gasteiger partial charge in [-0.3, -0.25) is 19.2 Å². The van der Waals surface area contributed by atoms with Crippen molar-refractivity contribution in [3.05, 3.63) is 51.6 Å². The first-order valence-corrected chi connectivity index (χ1v) is 12.7. The normalized spacial score (nSPS) is 21.3. The van der Waals surface area contributed by atoms with Crippen molar-refractivity contribution in [2.75, 3.05) is 26.3 Å². The molecule has 208 valence electrons. The molecule has 8 nitrogen and oxygen atoms in total. The molecule has 2 aliphatic heterocycles. The molecule has 1 fully saturated rings. The SMILES string of the molecule is CC(CC1COCC(C)N1CC(=O)N1CCc2c(C(F)(F)F)nn(Cc3ccc(Cl)cc3F)c2C1)C(=O)O. The van der Waals surface area contributed by atoms with Gasteiger partial charge < -0.3 is 14.7 Å². The average Bonchev–Trinajstić information content (AvgIpc) is 3.21. The number of aromatic nitrogens is 2. The van der Waals surface area contributed by atoms with Crippen LogP contribution >= 0.6 is 11.6 Å². The standard InChI is InChI=1S/C25H29ClF4N4O4/c1-14(24(36)37)7-18-13-38-12-15(2)33(18)11-22(35)32-6-5-19-21(10-32)34(31-23(19)25(28,29)30)9-16-3-4-17(26)8-20(16)27/h3-4,8,14-15,18H,5-7,9-13H2,1-2H3,(H,36,37). The van der Waals surface area contributed by atoms with Crippen LogP contribution in [0.3, 0.4) is 0 Å². The highest BCUT2D eigenvalue weighted by molar-refractivity contribution is 6.30. The van der Waals surface area contributed by atoms with Crippen molar-refractivity contribution in [1.82, 2.24) is 19.6 Å². The lowest BCUT2D eigenvalue weighted by molar-refractivity contribution is -0.144. The van der Waals surface area contributed by atoms with E-state index in [4.69, 9.17) is 16.3 Å². The van der Waals surface area contributed by atoms with Crippen molar-refractivity contribution in [3.8, 4) is 0 Å². The molecule has 1 amide bonds. The Balaban J connectivity index is 1.56. The van der Waals surface area contributed by atoms with Gasteiger partial charge in [0.05, 0.1) is 44.5 Å². The molecule has 0 aliphatic carbocycles. The van der Waals surface area contributed by atoms with Gasteiger partial charge in [0.2, 0.25) is 5.91 Å². The highest BCUT2D eigenvalue weighted by Crippen LogP contribution is 2.35. The summed E-state index contributed by atoms with van der Waals surface area (Å²) in [7, 11) is 0. The number of carbonyl (C=O) groups excluding carboxylic acids is 1. The number of nitrogens with zero attached hydrogens (tertiary/aromatic N) is 4. The fourth-order valence-electron chi connectivity index (χ4n) is 5.04. The monoisotopic (exact) mass is 560 g/mol. The van der Waals surface area contributed by atoms with Crippen LogP contribution in [0.2, 0.25) is 5.02 Å². The predicted molar refractivity (Wildman–Crippen MR) is 129 cm³/mol. The maximum Gasteiger partial charge on any atom is 0.435 e. The molecule has 3 heterocycles. The van der Waals surface area contributed by atoms with Crippen LogP contribution in [0, 0.1) is 11.7 Å². The molecule has 3 unspecified atom stereocenters. The topological polar surface area (TPSA) is 87.9 Å². The Morgan fingerprint density at radius 2 is 2.03 bits per heavy atom. The third kappa shape index (κ3) is 6.13. The minimum absolute atomic E-state index is 0.00354. The zero-order valence-corrected chi connectivity index (χ0v) is 21.7. The molecule has 1 N–H and O–H groups in total. The van der Waals surface area contributed by atoms with Gasteiger partial charge in [-0.15, -0.1) is 0 Å². The molecule has 0 spiro atoms. The molecular formula is C25H29ClF4N4O4. The van der Waals surface area contributed by atoms with Gasteiger partial charge >= 0.3 is 12.1 Å². The molecule has 3 atom stereocenters. The second kappa shape index (κ2) is 11.2. The number of carboxylic acid groups (broad SMARTS) is 1. The van der Waals surface area contributed by atoms with E-state index in [1.54, 1.807) is 6.92 Å². The number of alkyl halides is 3. The van der Waals surface area contributed by atoms with Gasteiger partial charge in [-0.2, -0.15) is 18.3 Å². The Bertz CT molecular complexity index is 1200. The van der Waals surface area contributed by atoms with Crippen molar-refractivity contribution in [2.24, 2.45) is 5.92 Å². The maximum atomic E-state index is 14.4. The highest BCUT2D eigenvalue weighted by atomic mass is 35.5. The summed E-state index contributed by atoms with van der Waals surface area (Å²) >= 11 is 5.80. The largest absolute Gasteiger partial charge is 0.481 e. The maximum absolute atomic E-state index is 14.4. The van der Waals surface area contributed by atoms with E-state index >= 15 is 0 Å². The van der Waals surface area contributed by atoms with Crippen molar-refractivity contribution >= 4 is 23.5 Å². The Morgan fingerprint density at radius 3 is 2.68 bits per heavy atom. The number of aliphatic carboxylic acids is 1. The number of ether oxygens (including phenoxy) is 1. The Hall–Kier alpha value is -2.70. The molecule has 1 saturated heterocycles. The number of halogens is 5. The summed E-state index contributed by atoms with van der Waals surface area (Å²) < 4.78 is 62.4. The zero-order valence-electron chi connectivity index (χ0n) is 21.0. The van der Waals surface area contributed by atoms with E-state index in [1.165, 1.54) is 17.0 Å². The van der Waals surface area contributed by atoms with E-state index in [-0.39, 0.29) is 79.0 Å². The molecule has 0 bridgehead atoms. The van der Waals surface area contributed by atoms with E-state index in [2.05, 4.69) is 5.10 Å². The van der Waals surface area contributed by atoms with Crippen LogP contribution < -0.4 is 0 Å². The van der Waals surface area contributed by atoms with Gasteiger partial charge in [0.15, 0.2) is 5.69 Å². The predicted octanol–water partition coefficient (Wildman–Crippen LogP) is 3.83. The number of carboxylic acids is 1. The fourth-order valence-corrected chi connectivity index (χ4v) is 5.20. The van der Waals surface area contributed by atoms with Crippen molar-refractivity contribution < 1.29 is 37.0 Å². The van der Waals surface area contributed by atoms with Crippen LogP contribution in [0.1, 0.15) is 42.8 Å². The van der Waals surface area contributed by atoms with E-state index in [0.717, 1.165) is 10.7 Å². The summed E-state index contributed by atoms with van der Waals surface area (Å²) in [5.74, 6) is -2.53. The molecule has 13 heteroatoms. The summed E-state index contributed by atoms with van der Waals surface area (Å²) in [4.78, 5) is 28.1. The second-order valence-electron chi connectivity index (χ2n) is 9.92. The molecule has 1 aromatic heterocycles. The van der Waals surface area contributed by atoms with Crippen LogP contribution in [-0.2, 0) is 40.0 Å². The molecule has 38 heavy (non-hydrogen) atoms. The van der Waals surface area contributed by atoms with Crippen LogP contribution in [0.25, 0.3) is 0 Å². The smallest absolute Gasteiger partial charge is 0.435 e. The summed E-state index contributed by atoms with van der Waals surface area (Å²) in [6.07, 6.45) is -4.44. The summed E-state index contributed by atoms with van der Waals surface area (Å²) in [6, 6.07) is 3.49. The molecule has 4 rings (SSSR count). The summed E-state index contributed by atoms with van der Waals surface area (Å²) in [6.45, 7) is 3.83. The second-order valence-corrected chi connectivity index (χ2v) is 10.4. The van der Waals surface area contributed by atoms with Crippen LogP contribution in [0.4, 0.5) is 17.6 Å². The van der Waals surface area contributed by atoms with E-state index < -0.39 is 29.6 Å². The lowest BCUT2D eigenvalue weighted by Crippen LogP contribution is -2.55. The number of rotatable bonds is 7. The van der Waals surface area contributed by atoms with Crippen molar-refractivity contribution in [1.29, 1.82) is 0 Å². The molecular weight excluding hydrogens is 532 g/mol. The average molecular weight is 561 g/mol.